The molecule has 0 aromatic carbocycles. The van der Waals surface area contributed by atoms with Crippen molar-refractivity contribution >= 4 is 6.29 Å². The predicted molar refractivity (Wildman–Crippen MR) is 45.6 cm³/mol. The van der Waals surface area contributed by atoms with Gasteiger partial charge in [-0.2, -0.15) is 0 Å². The first kappa shape index (κ1) is 10.6. The van der Waals surface area contributed by atoms with Crippen molar-refractivity contribution in [2.45, 2.75) is 39.7 Å². The molecule has 66 valence electrons. The maximum absolute atomic E-state index is 10.2. The molecule has 0 radical (unpaired) electrons. The molecule has 0 aromatic rings. The number of carbonyl (C=O) groups excluding carboxylic acids is 1. The lowest BCUT2D eigenvalue weighted by molar-refractivity contribution is -0.110. The zero-order chi connectivity index (χ0) is 8.69. The summed E-state index contributed by atoms with van der Waals surface area (Å²) in [6.45, 7) is 6.74. The van der Waals surface area contributed by atoms with E-state index in [0.717, 1.165) is 25.7 Å². The number of hydrogen-bond donors (Lipinski definition) is 0. The van der Waals surface area contributed by atoms with Gasteiger partial charge < -0.3 is 9.53 Å². The summed E-state index contributed by atoms with van der Waals surface area (Å²) in [6.07, 6.45) is 3.23. The molecule has 0 aromatic heterocycles. The molecule has 0 saturated heterocycles. The van der Waals surface area contributed by atoms with E-state index in [-0.39, 0.29) is 5.92 Å². The Bertz CT molecular complexity index is 99.7. The second kappa shape index (κ2) is 6.35. The van der Waals surface area contributed by atoms with Gasteiger partial charge in [-0.25, -0.2) is 0 Å². The SMILES string of the molecule is CC(C=O)CCCOC(C)C. The van der Waals surface area contributed by atoms with E-state index in [0.29, 0.717) is 6.10 Å². The Labute approximate surface area is 68.9 Å². The molecule has 1 unspecified atom stereocenters. The number of aldehydes is 1. The van der Waals surface area contributed by atoms with E-state index in [1.54, 1.807) is 0 Å². The minimum Gasteiger partial charge on any atom is -0.379 e. The maximum atomic E-state index is 10.2. The minimum atomic E-state index is 0.186. The van der Waals surface area contributed by atoms with Gasteiger partial charge in [-0.15, -0.1) is 0 Å². The van der Waals surface area contributed by atoms with Crippen LogP contribution in [0.4, 0.5) is 0 Å². The lowest BCUT2D eigenvalue weighted by atomic mass is 10.1. The lowest BCUT2D eigenvalue weighted by Crippen LogP contribution is -2.05. The molecule has 0 N–H and O–H groups in total. The van der Waals surface area contributed by atoms with Crippen molar-refractivity contribution in [3.05, 3.63) is 0 Å². The molecule has 0 aliphatic carbocycles. The van der Waals surface area contributed by atoms with Crippen LogP contribution in [0.1, 0.15) is 33.6 Å². The molecule has 0 amide bonds. The van der Waals surface area contributed by atoms with Crippen LogP contribution in [0.3, 0.4) is 0 Å². The summed E-state index contributed by atoms with van der Waals surface area (Å²) in [5.74, 6) is 0.186. The van der Waals surface area contributed by atoms with Gasteiger partial charge in [0.1, 0.15) is 6.29 Å². The molecule has 1 atom stereocenters. The quantitative estimate of drug-likeness (QED) is 0.436. The fraction of sp³-hybridized carbons (Fsp3) is 0.889. The summed E-state index contributed by atoms with van der Waals surface area (Å²) in [5.41, 5.74) is 0. The van der Waals surface area contributed by atoms with Crippen molar-refractivity contribution in [2.75, 3.05) is 6.61 Å². The third-order valence-electron chi connectivity index (χ3n) is 1.49. The van der Waals surface area contributed by atoms with Crippen molar-refractivity contribution in [1.82, 2.24) is 0 Å². The first-order valence-electron chi connectivity index (χ1n) is 4.23. The molecule has 0 bridgehead atoms. The predicted octanol–water partition coefficient (Wildman–Crippen LogP) is 2.03. The van der Waals surface area contributed by atoms with Gasteiger partial charge in [0.15, 0.2) is 0 Å². The summed E-state index contributed by atoms with van der Waals surface area (Å²) < 4.78 is 5.32. The molecule has 2 heteroatoms. The molecule has 0 aliphatic rings. The van der Waals surface area contributed by atoms with Crippen LogP contribution in [0, 0.1) is 5.92 Å². The second-order valence-corrected chi connectivity index (χ2v) is 3.18. The Morgan fingerprint density at radius 1 is 1.36 bits per heavy atom. The number of hydrogen-bond acceptors (Lipinski definition) is 2. The molecule has 0 fully saturated rings. The van der Waals surface area contributed by atoms with E-state index >= 15 is 0 Å². The Balaban J connectivity index is 3.07. The molecule has 0 aliphatic heterocycles. The number of carbonyl (C=O) groups is 1. The highest BCUT2D eigenvalue weighted by Gasteiger charge is 1.99. The van der Waals surface area contributed by atoms with Crippen molar-refractivity contribution < 1.29 is 9.53 Å². The molecule has 2 nitrogen and oxygen atoms in total. The molecule has 0 heterocycles. The van der Waals surface area contributed by atoms with E-state index in [4.69, 9.17) is 4.74 Å². The second-order valence-electron chi connectivity index (χ2n) is 3.18. The summed E-state index contributed by atoms with van der Waals surface area (Å²) in [6, 6.07) is 0. The Hall–Kier alpha value is -0.370. The normalized spacial score (nSPS) is 13.5. The van der Waals surface area contributed by atoms with E-state index < -0.39 is 0 Å². The maximum Gasteiger partial charge on any atom is 0.122 e. The molecule has 0 rings (SSSR count). The molecule has 11 heavy (non-hydrogen) atoms. The van der Waals surface area contributed by atoms with Gasteiger partial charge in [-0.05, 0) is 26.7 Å². The first-order chi connectivity index (χ1) is 5.16. The zero-order valence-electron chi connectivity index (χ0n) is 7.67. The minimum absolute atomic E-state index is 0.186. The highest BCUT2D eigenvalue weighted by atomic mass is 16.5. The zero-order valence-corrected chi connectivity index (χ0v) is 7.67. The van der Waals surface area contributed by atoms with Gasteiger partial charge in [-0.3, -0.25) is 0 Å². The highest BCUT2D eigenvalue weighted by Crippen LogP contribution is 2.02. The smallest absolute Gasteiger partial charge is 0.122 e. The number of ether oxygens (including phenoxy) is 1. The van der Waals surface area contributed by atoms with Crippen LogP contribution in [-0.2, 0) is 9.53 Å². The Morgan fingerprint density at radius 3 is 2.45 bits per heavy atom. The van der Waals surface area contributed by atoms with Gasteiger partial charge in [0.05, 0.1) is 6.10 Å². The molecular formula is C9H18O2. The van der Waals surface area contributed by atoms with Crippen LogP contribution in [0.5, 0.6) is 0 Å². The largest absolute Gasteiger partial charge is 0.379 e. The van der Waals surface area contributed by atoms with E-state index in [1.165, 1.54) is 0 Å². The fourth-order valence-corrected chi connectivity index (χ4v) is 0.792. The highest BCUT2D eigenvalue weighted by molar-refractivity contribution is 5.52. The molecular weight excluding hydrogens is 140 g/mol. The van der Waals surface area contributed by atoms with Crippen molar-refractivity contribution in [3.8, 4) is 0 Å². The van der Waals surface area contributed by atoms with E-state index in [2.05, 4.69) is 0 Å². The summed E-state index contributed by atoms with van der Waals surface area (Å²) in [4.78, 5) is 10.2. The molecule has 0 saturated carbocycles. The van der Waals surface area contributed by atoms with E-state index in [9.17, 15) is 4.79 Å². The summed E-state index contributed by atoms with van der Waals surface area (Å²) in [7, 11) is 0. The summed E-state index contributed by atoms with van der Waals surface area (Å²) in [5, 5.41) is 0. The van der Waals surface area contributed by atoms with Crippen molar-refractivity contribution in [3.63, 3.8) is 0 Å². The standard InChI is InChI=1S/C9H18O2/c1-8(2)11-6-4-5-9(3)7-10/h7-9H,4-6H2,1-3H3. The van der Waals surface area contributed by atoms with Crippen LogP contribution < -0.4 is 0 Å². The fourth-order valence-electron chi connectivity index (χ4n) is 0.792. The van der Waals surface area contributed by atoms with Crippen LogP contribution in [0.2, 0.25) is 0 Å². The van der Waals surface area contributed by atoms with Crippen LogP contribution in [-0.4, -0.2) is 19.0 Å². The van der Waals surface area contributed by atoms with Crippen LogP contribution in [0.25, 0.3) is 0 Å². The van der Waals surface area contributed by atoms with E-state index in [1.807, 2.05) is 20.8 Å². The van der Waals surface area contributed by atoms with Crippen LogP contribution in [0.15, 0.2) is 0 Å². The average molecular weight is 158 g/mol. The monoisotopic (exact) mass is 158 g/mol. The topological polar surface area (TPSA) is 26.3 Å². The third-order valence-corrected chi connectivity index (χ3v) is 1.49. The third kappa shape index (κ3) is 7.53. The van der Waals surface area contributed by atoms with Gasteiger partial charge >= 0.3 is 0 Å². The van der Waals surface area contributed by atoms with Gasteiger partial charge in [0.25, 0.3) is 0 Å². The van der Waals surface area contributed by atoms with Gasteiger partial charge in [-0.1, -0.05) is 6.92 Å². The lowest BCUT2D eigenvalue weighted by Gasteiger charge is -2.07. The van der Waals surface area contributed by atoms with Gasteiger partial charge in [0, 0.05) is 12.5 Å². The Kier molecular flexibility index (Phi) is 6.13. The average Bonchev–Trinajstić information content (AvgIpc) is 1.97. The van der Waals surface area contributed by atoms with Crippen molar-refractivity contribution in [1.29, 1.82) is 0 Å². The van der Waals surface area contributed by atoms with Crippen LogP contribution >= 0.6 is 0 Å². The first-order valence-corrected chi connectivity index (χ1v) is 4.23. The Morgan fingerprint density at radius 2 is 2.00 bits per heavy atom. The summed E-state index contributed by atoms with van der Waals surface area (Å²) >= 11 is 0. The molecule has 0 spiro atoms. The van der Waals surface area contributed by atoms with Crippen molar-refractivity contribution in [2.24, 2.45) is 5.92 Å². The van der Waals surface area contributed by atoms with Gasteiger partial charge in [0.2, 0.25) is 0 Å². The number of rotatable bonds is 6.